The molecule has 0 aromatic heterocycles. The van der Waals surface area contributed by atoms with Crippen molar-refractivity contribution in [2.75, 3.05) is 5.32 Å². The van der Waals surface area contributed by atoms with E-state index >= 15 is 0 Å². The summed E-state index contributed by atoms with van der Waals surface area (Å²) in [5.74, 6) is -2.25. The maximum absolute atomic E-state index is 14.2. The summed E-state index contributed by atoms with van der Waals surface area (Å²) in [7, 11) is 0. The first-order valence-corrected chi connectivity index (χ1v) is 7.56. The highest BCUT2D eigenvalue weighted by Crippen LogP contribution is 2.31. The van der Waals surface area contributed by atoms with Crippen molar-refractivity contribution in [2.24, 2.45) is 0 Å². The van der Waals surface area contributed by atoms with Crippen LogP contribution in [0.1, 0.15) is 18.5 Å². The Kier molecular flexibility index (Phi) is 4.47. The lowest BCUT2D eigenvalue weighted by atomic mass is 9.94. The average molecular weight is 343 g/mol. The third kappa shape index (κ3) is 3.35. The van der Waals surface area contributed by atoms with Crippen molar-refractivity contribution in [2.45, 2.75) is 13.0 Å². The SMILES string of the molecule is CC1=C(C(=O)Nc2ccccc2)C(c2c(F)cccc2F)NC(=O)N1. The third-order valence-electron chi connectivity index (χ3n) is 3.83. The van der Waals surface area contributed by atoms with Gasteiger partial charge in [0.2, 0.25) is 0 Å². The van der Waals surface area contributed by atoms with Crippen LogP contribution < -0.4 is 16.0 Å². The zero-order chi connectivity index (χ0) is 18.0. The molecule has 1 heterocycles. The van der Waals surface area contributed by atoms with Gasteiger partial charge >= 0.3 is 6.03 Å². The molecule has 128 valence electrons. The number of para-hydroxylation sites is 1. The topological polar surface area (TPSA) is 70.2 Å². The van der Waals surface area contributed by atoms with Crippen molar-refractivity contribution in [1.82, 2.24) is 10.6 Å². The molecule has 0 radical (unpaired) electrons. The minimum atomic E-state index is -1.24. The standard InChI is InChI=1S/C18H15F2N3O2/c1-10-14(17(24)22-11-6-3-2-4-7-11)16(23-18(25)21-10)15-12(19)8-5-9-13(15)20/h2-9,16H,1H3,(H,22,24)(H2,21,23,25). The fourth-order valence-corrected chi connectivity index (χ4v) is 2.72. The lowest BCUT2D eigenvalue weighted by Gasteiger charge is -2.29. The van der Waals surface area contributed by atoms with Gasteiger partial charge in [-0.05, 0) is 31.2 Å². The number of halogens is 2. The molecule has 1 aliphatic heterocycles. The molecule has 25 heavy (non-hydrogen) atoms. The quantitative estimate of drug-likeness (QED) is 0.801. The van der Waals surface area contributed by atoms with Gasteiger partial charge in [0.15, 0.2) is 0 Å². The lowest BCUT2D eigenvalue weighted by molar-refractivity contribution is -0.113. The number of carbonyl (C=O) groups is 2. The summed E-state index contributed by atoms with van der Waals surface area (Å²) in [5.41, 5.74) is 0.407. The third-order valence-corrected chi connectivity index (χ3v) is 3.83. The van der Waals surface area contributed by atoms with Gasteiger partial charge in [-0.15, -0.1) is 0 Å². The molecule has 0 spiro atoms. The Bertz CT molecular complexity index is 846. The normalized spacial score (nSPS) is 16.9. The van der Waals surface area contributed by atoms with E-state index in [-0.39, 0.29) is 16.8 Å². The summed E-state index contributed by atoms with van der Waals surface area (Å²) in [4.78, 5) is 24.5. The van der Waals surface area contributed by atoms with E-state index in [1.807, 2.05) is 0 Å². The smallest absolute Gasteiger partial charge is 0.319 e. The van der Waals surface area contributed by atoms with Crippen molar-refractivity contribution < 1.29 is 18.4 Å². The number of carbonyl (C=O) groups excluding carboxylic acids is 2. The summed E-state index contributed by atoms with van der Waals surface area (Å²) >= 11 is 0. The molecule has 0 saturated carbocycles. The zero-order valence-corrected chi connectivity index (χ0v) is 13.3. The second kappa shape index (κ2) is 6.72. The Morgan fingerprint density at radius 1 is 1.04 bits per heavy atom. The summed E-state index contributed by atoms with van der Waals surface area (Å²) < 4.78 is 28.4. The predicted octanol–water partition coefficient (Wildman–Crippen LogP) is 3.23. The van der Waals surface area contributed by atoms with E-state index in [0.29, 0.717) is 5.69 Å². The van der Waals surface area contributed by atoms with E-state index in [1.165, 1.54) is 13.0 Å². The largest absolute Gasteiger partial charge is 0.326 e. The second-order valence-electron chi connectivity index (χ2n) is 5.53. The first-order valence-electron chi connectivity index (χ1n) is 7.56. The van der Waals surface area contributed by atoms with Gasteiger partial charge in [0.25, 0.3) is 5.91 Å². The summed E-state index contributed by atoms with van der Waals surface area (Å²) in [6.45, 7) is 1.50. The van der Waals surface area contributed by atoms with Gasteiger partial charge in [0.1, 0.15) is 11.6 Å². The maximum Gasteiger partial charge on any atom is 0.319 e. The molecule has 3 rings (SSSR count). The van der Waals surface area contributed by atoms with Crippen LogP contribution in [0.3, 0.4) is 0 Å². The molecule has 1 atom stereocenters. The van der Waals surface area contributed by atoms with Crippen LogP contribution in [0.25, 0.3) is 0 Å². The number of anilines is 1. The molecule has 0 bridgehead atoms. The Morgan fingerprint density at radius 3 is 2.32 bits per heavy atom. The van der Waals surface area contributed by atoms with Crippen LogP contribution in [0.15, 0.2) is 59.8 Å². The van der Waals surface area contributed by atoms with E-state index in [1.54, 1.807) is 30.3 Å². The van der Waals surface area contributed by atoms with Gasteiger partial charge in [-0.2, -0.15) is 0 Å². The predicted molar refractivity (Wildman–Crippen MR) is 88.5 cm³/mol. The van der Waals surface area contributed by atoms with Gasteiger partial charge in [0, 0.05) is 11.4 Å². The summed E-state index contributed by atoms with van der Waals surface area (Å²) in [6.07, 6.45) is 0. The van der Waals surface area contributed by atoms with Gasteiger partial charge in [0.05, 0.1) is 17.2 Å². The van der Waals surface area contributed by atoms with Crippen LogP contribution in [-0.4, -0.2) is 11.9 Å². The summed E-state index contributed by atoms with van der Waals surface area (Å²) in [5, 5.41) is 7.53. The van der Waals surface area contributed by atoms with E-state index in [2.05, 4.69) is 16.0 Å². The number of nitrogens with one attached hydrogen (secondary N) is 3. The van der Waals surface area contributed by atoms with E-state index in [0.717, 1.165) is 12.1 Å². The van der Waals surface area contributed by atoms with E-state index < -0.39 is 29.6 Å². The molecular formula is C18H15F2N3O2. The highest BCUT2D eigenvalue weighted by molar-refractivity contribution is 6.06. The Morgan fingerprint density at radius 2 is 1.68 bits per heavy atom. The van der Waals surface area contributed by atoms with Crippen LogP contribution in [0.4, 0.5) is 19.3 Å². The van der Waals surface area contributed by atoms with Gasteiger partial charge < -0.3 is 16.0 Å². The maximum atomic E-state index is 14.2. The molecule has 3 amide bonds. The Hall–Kier alpha value is -3.22. The molecule has 0 aliphatic carbocycles. The van der Waals surface area contributed by atoms with Gasteiger partial charge in [-0.1, -0.05) is 24.3 Å². The van der Waals surface area contributed by atoms with Crippen LogP contribution in [0.2, 0.25) is 0 Å². The molecule has 3 N–H and O–H groups in total. The first kappa shape index (κ1) is 16.6. The Balaban J connectivity index is 2.02. The van der Waals surface area contributed by atoms with Crippen LogP contribution in [0.5, 0.6) is 0 Å². The van der Waals surface area contributed by atoms with Crippen molar-refractivity contribution in [3.05, 3.63) is 77.0 Å². The first-order chi connectivity index (χ1) is 12.0. The fraction of sp³-hybridized carbons (Fsp3) is 0.111. The van der Waals surface area contributed by atoms with Crippen molar-refractivity contribution in [3.8, 4) is 0 Å². The average Bonchev–Trinajstić information content (AvgIpc) is 2.55. The summed E-state index contributed by atoms with van der Waals surface area (Å²) in [6, 6.07) is 10.1. The second-order valence-corrected chi connectivity index (χ2v) is 5.53. The van der Waals surface area contributed by atoms with Crippen molar-refractivity contribution in [3.63, 3.8) is 0 Å². The van der Waals surface area contributed by atoms with E-state index in [4.69, 9.17) is 0 Å². The number of urea groups is 1. The highest BCUT2D eigenvalue weighted by Gasteiger charge is 2.34. The number of rotatable bonds is 3. The molecule has 2 aromatic rings. The number of amides is 3. The molecule has 7 heteroatoms. The molecule has 5 nitrogen and oxygen atoms in total. The number of hydrogen-bond donors (Lipinski definition) is 3. The zero-order valence-electron chi connectivity index (χ0n) is 13.3. The molecular weight excluding hydrogens is 328 g/mol. The Labute approximate surface area is 142 Å². The minimum absolute atomic E-state index is 0.0347. The molecule has 1 unspecified atom stereocenters. The van der Waals surface area contributed by atoms with Crippen LogP contribution in [-0.2, 0) is 4.79 Å². The minimum Gasteiger partial charge on any atom is -0.326 e. The van der Waals surface area contributed by atoms with Crippen molar-refractivity contribution >= 4 is 17.6 Å². The van der Waals surface area contributed by atoms with Gasteiger partial charge in [-0.25, -0.2) is 13.6 Å². The number of benzene rings is 2. The monoisotopic (exact) mass is 343 g/mol. The molecule has 1 aliphatic rings. The van der Waals surface area contributed by atoms with Crippen LogP contribution in [0, 0.1) is 11.6 Å². The lowest BCUT2D eigenvalue weighted by Crippen LogP contribution is -2.46. The highest BCUT2D eigenvalue weighted by atomic mass is 19.1. The van der Waals surface area contributed by atoms with Crippen LogP contribution >= 0.6 is 0 Å². The van der Waals surface area contributed by atoms with E-state index in [9.17, 15) is 18.4 Å². The van der Waals surface area contributed by atoms with Gasteiger partial charge in [-0.3, -0.25) is 4.79 Å². The number of hydrogen-bond acceptors (Lipinski definition) is 2. The fourth-order valence-electron chi connectivity index (χ4n) is 2.72. The number of allylic oxidation sites excluding steroid dienone is 1. The molecule has 2 aromatic carbocycles. The molecule has 0 fully saturated rings. The van der Waals surface area contributed by atoms with Crippen molar-refractivity contribution in [1.29, 1.82) is 0 Å². The molecule has 0 saturated heterocycles.